The van der Waals surface area contributed by atoms with Gasteiger partial charge in [-0.3, -0.25) is 9.36 Å². The molecule has 0 fully saturated rings. The first-order chi connectivity index (χ1) is 15.7. The zero-order valence-corrected chi connectivity index (χ0v) is 18.9. The zero-order valence-electron chi connectivity index (χ0n) is 18.1. The number of aryl methyl sites for hydroxylation is 1. The van der Waals surface area contributed by atoms with Crippen molar-refractivity contribution in [3.05, 3.63) is 66.1 Å². The third-order valence-corrected chi connectivity index (χ3v) is 5.72. The van der Waals surface area contributed by atoms with Crippen LogP contribution in [0.15, 0.2) is 62.9 Å². The molecule has 0 spiro atoms. The Hall–Kier alpha value is -3.33. The molecule has 0 aliphatic rings. The van der Waals surface area contributed by atoms with Crippen molar-refractivity contribution >= 4 is 17.7 Å². The van der Waals surface area contributed by atoms with Gasteiger partial charge in [-0.25, -0.2) is 4.98 Å². The molecule has 0 unspecified atom stereocenters. The van der Waals surface area contributed by atoms with Crippen molar-refractivity contribution in [2.75, 3.05) is 6.54 Å². The molecule has 3 heterocycles. The van der Waals surface area contributed by atoms with Gasteiger partial charge in [0, 0.05) is 6.54 Å². The van der Waals surface area contributed by atoms with Crippen LogP contribution >= 0.6 is 11.8 Å². The van der Waals surface area contributed by atoms with E-state index >= 15 is 0 Å². The number of furan rings is 1. The minimum absolute atomic E-state index is 0.218. The number of carbonyl (C=O) groups is 1. The molecule has 0 saturated heterocycles. The molecule has 1 amide bonds. The van der Waals surface area contributed by atoms with E-state index in [1.54, 1.807) is 6.26 Å². The number of unbranched alkanes of at least 4 members (excludes halogenated alkanes) is 2. The maximum absolute atomic E-state index is 12.2. The summed E-state index contributed by atoms with van der Waals surface area (Å²) in [6, 6.07) is 11.8. The van der Waals surface area contributed by atoms with Gasteiger partial charge < -0.3 is 14.2 Å². The van der Waals surface area contributed by atoms with Gasteiger partial charge in [-0.2, -0.15) is 0 Å². The van der Waals surface area contributed by atoms with E-state index in [4.69, 9.17) is 8.83 Å². The fraction of sp³-hybridized carbons (Fsp3) is 0.304. The van der Waals surface area contributed by atoms with Gasteiger partial charge in [-0.15, -0.1) is 10.2 Å². The Kier molecular flexibility index (Phi) is 7.06. The summed E-state index contributed by atoms with van der Waals surface area (Å²) >= 11 is 1.43. The number of rotatable bonds is 10. The van der Waals surface area contributed by atoms with Gasteiger partial charge in [0.15, 0.2) is 16.6 Å². The lowest BCUT2D eigenvalue weighted by Gasteiger charge is -2.09. The van der Waals surface area contributed by atoms with Gasteiger partial charge in [-0.1, -0.05) is 43.7 Å². The predicted molar refractivity (Wildman–Crippen MR) is 122 cm³/mol. The molecule has 0 saturated carbocycles. The van der Waals surface area contributed by atoms with Gasteiger partial charge in [0.1, 0.15) is 6.26 Å². The molecule has 0 atom stereocenters. The molecule has 0 radical (unpaired) electrons. The van der Waals surface area contributed by atoms with Crippen LogP contribution in [0.4, 0.5) is 0 Å². The van der Waals surface area contributed by atoms with Crippen molar-refractivity contribution in [3.63, 3.8) is 0 Å². The lowest BCUT2D eigenvalue weighted by atomic mass is 10.2. The van der Waals surface area contributed by atoms with E-state index in [-0.39, 0.29) is 11.6 Å². The monoisotopic (exact) mass is 451 g/mol. The molecule has 4 aromatic rings. The van der Waals surface area contributed by atoms with E-state index in [0.29, 0.717) is 34.9 Å². The van der Waals surface area contributed by atoms with Crippen LogP contribution in [-0.4, -0.2) is 32.2 Å². The molecule has 4 rings (SSSR count). The summed E-state index contributed by atoms with van der Waals surface area (Å²) in [7, 11) is 0. The van der Waals surface area contributed by atoms with E-state index in [0.717, 1.165) is 30.5 Å². The van der Waals surface area contributed by atoms with Crippen molar-refractivity contribution in [2.24, 2.45) is 0 Å². The van der Waals surface area contributed by atoms with Gasteiger partial charge >= 0.3 is 0 Å². The van der Waals surface area contributed by atoms with E-state index in [1.807, 2.05) is 41.8 Å². The first kappa shape index (κ1) is 21.9. The quantitative estimate of drug-likeness (QED) is 0.266. The zero-order chi connectivity index (χ0) is 22.3. The van der Waals surface area contributed by atoms with E-state index in [1.165, 1.54) is 18.0 Å². The summed E-state index contributed by atoms with van der Waals surface area (Å²) in [6.07, 6.45) is 6.15. The summed E-state index contributed by atoms with van der Waals surface area (Å²) < 4.78 is 13.0. The second-order valence-corrected chi connectivity index (χ2v) is 8.28. The van der Waals surface area contributed by atoms with Crippen molar-refractivity contribution in [3.8, 4) is 17.3 Å². The fourth-order valence-corrected chi connectivity index (χ4v) is 4.01. The Labute approximate surface area is 190 Å². The lowest BCUT2D eigenvalue weighted by Crippen LogP contribution is -2.24. The number of hydrogen-bond donors (Lipinski definition) is 1. The number of oxazole rings is 1. The molecular weight excluding hydrogens is 426 g/mol. The molecule has 0 bridgehead atoms. The highest BCUT2D eigenvalue weighted by molar-refractivity contribution is 7.98. The molecule has 8 nitrogen and oxygen atoms in total. The topological polar surface area (TPSA) is 99.0 Å². The summed E-state index contributed by atoms with van der Waals surface area (Å²) in [5.74, 6) is 1.88. The number of aromatic nitrogens is 4. The Bertz CT molecular complexity index is 1170. The molecule has 1 aromatic carbocycles. The average molecular weight is 452 g/mol. The van der Waals surface area contributed by atoms with Crippen molar-refractivity contribution in [1.82, 2.24) is 25.1 Å². The van der Waals surface area contributed by atoms with Crippen LogP contribution in [0, 0.1) is 6.92 Å². The first-order valence-electron chi connectivity index (χ1n) is 10.6. The van der Waals surface area contributed by atoms with Crippen LogP contribution in [0.25, 0.3) is 17.3 Å². The fourth-order valence-electron chi connectivity index (χ4n) is 3.20. The smallest absolute Gasteiger partial charge is 0.273 e. The minimum Gasteiger partial charge on any atom is -0.461 e. The highest BCUT2D eigenvalue weighted by Gasteiger charge is 2.19. The number of benzene rings is 1. The molecule has 0 aliphatic carbocycles. The number of amides is 1. The second kappa shape index (κ2) is 10.3. The van der Waals surface area contributed by atoms with E-state index < -0.39 is 0 Å². The van der Waals surface area contributed by atoms with Crippen LogP contribution in [0.5, 0.6) is 0 Å². The highest BCUT2D eigenvalue weighted by Crippen LogP contribution is 2.30. The predicted octanol–water partition coefficient (Wildman–Crippen LogP) is 5.04. The number of carbonyl (C=O) groups excluding carboxylic acids is 1. The molecule has 9 heteroatoms. The number of thioether (sulfide) groups is 1. The maximum atomic E-state index is 12.2. The molecular formula is C23H25N5O3S. The van der Waals surface area contributed by atoms with Gasteiger partial charge in [-0.05, 0) is 43.2 Å². The molecule has 3 aromatic heterocycles. The van der Waals surface area contributed by atoms with Gasteiger partial charge in [0.05, 0.1) is 17.7 Å². The number of nitrogens with zero attached hydrogens (tertiary/aromatic N) is 4. The third-order valence-electron chi connectivity index (χ3n) is 4.81. The van der Waals surface area contributed by atoms with Crippen LogP contribution in [0.1, 0.15) is 48.1 Å². The van der Waals surface area contributed by atoms with Gasteiger partial charge in [0.25, 0.3) is 5.91 Å². The molecule has 1 N–H and O–H groups in total. The minimum atomic E-state index is -0.218. The average Bonchev–Trinajstić information content (AvgIpc) is 3.55. The molecule has 0 aliphatic heterocycles. The van der Waals surface area contributed by atoms with Crippen LogP contribution in [0.2, 0.25) is 0 Å². The summed E-state index contributed by atoms with van der Waals surface area (Å²) in [4.78, 5) is 16.5. The van der Waals surface area contributed by atoms with Crippen LogP contribution < -0.4 is 5.32 Å². The van der Waals surface area contributed by atoms with Gasteiger partial charge in [0.2, 0.25) is 11.7 Å². The highest BCUT2D eigenvalue weighted by atomic mass is 32.2. The number of nitrogens with one attached hydrogen (secondary N) is 1. The van der Waals surface area contributed by atoms with Crippen LogP contribution in [0.3, 0.4) is 0 Å². The van der Waals surface area contributed by atoms with E-state index in [9.17, 15) is 4.79 Å². The summed E-state index contributed by atoms with van der Waals surface area (Å²) in [6.45, 7) is 4.80. The Morgan fingerprint density at radius 1 is 1.16 bits per heavy atom. The summed E-state index contributed by atoms with van der Waals surface area (Å²) in [5.41, 5.74) is 2.34. The van der Waals surface area contributed by atoms with Crippen LogP contribution in [-0.2, 0) is 5.75 Å². The number of hydrogen-bond acceptors (Lipinski definition) is 7. The van der Waals surface area contributed by atoms with Crippen molar-refractivity contribution in [1.29, 1.82) is 0 Å². The standard InChI is InChI=1S/C23H25N5O3S/c1-3-4-5-11-24-22(29)18-14-31-20(25-18)15-32-23-27-26-21(19-10-7-12-30-19)28(23)17-9-6-8-16(2)13-17/h6-10,12-14H,3-5,11,15H2,1-2H3,(H,24,29). The van der Waals surface area contributed by atoms with Crippen molar-refractivity contribution in [2.45, 2.75) is 44.0 Å². The van der Waals surface area contributed by atoms with Crippen molar-refractivity contribution < 1.29 is 13.6 Å². The normalized spacial score (nSPS) is 11.1. The third kappa shape index (κ3) is 5.11. The molecule has 32 heavy (non-hydrogen) atoms. The maximum Gasteiger partial charge on any atom is 0.273 e. The van der Waals surface area contributed by atoms with E-state index in [2.05, 4.69) is 33.5 Å². The Morgan fingerprint density at radius 2 is 2.06 bits per heavy atom. The second-order valence-electron chi connectivity index (χ2n) is 7.34. The Balaban J connectivity index is 1.50. The first-order valence-corrected chi connectivity index (χ1v) is 11.6. The summed E-state index contributed by atoms with van der Waals surface area (Å²) in [5, 5.41) is 12.2. The Morgan fingerprint density at radius 3 is 2.84 bits per heavy atom. The lowest BCUT2D eigenvalue weighted by molar-refractivity contribution is 0.0948. The SMILES string of the molecule is CCCCCNC(=O)c1coc(CSc2nnc(-c3ccco3)n2-c2cccc(C)c2)n1. The largest absolute Gasteiger partial charge is 0.461 e. The molecule has 166 valence electrons.